The molecule has 78 valence electrons. The Balaban J connectivity index is 3.23. The summed E-state index contributed by atoms with van der Waals surface area (Å²) in [4.78, 5) is 11.5. The number of esters is 1. The average Bonchev–Trinajstić information content (AvgIpc) is 2.18. The SMILES string of the molecule is CCOC(=O)c1ccc(I)c(C#N)c1I. The Hall–Kier alpha value is -0.360. The van der Waals surface area contributed by atoms with E-state index in [1.54, 1.807) is 19.1 Å². The van der Waals surface area contributed by atoms with Crippen LogP contribution in [0.2, 0.25) is 0 Å². The molecular weight excluding hydrogens is 420 g/mol. The van der Waals surface area contributed by atoms with Crippen molar-refractivity contribution in [2.45, 2.75) is 6.92 Å². The Labute approximate surface area is 115 Å². The van der Waals surface area contributed by atoms with E-state index in [4.69, 9.17) is 10.00 Å². The number of rotatable bonds is 2. The van der Waals surface area contributed by atoms with Crippen LogP contribution in [-0.2, 0) is 4.74 Å². The van der Waals surface area contributed by atoms with Crippen molar-refractivity contribution in [2.75, 3.05) is 6.61 Å². The topological polar surface area (TPSA) is 50.1 Å². The summed E-state index contributed by atoms with van der Waals surface area (Å²) in [5.41, 5.74) is 0.983. The van der Waals surface area contributed by atoms with E-state index < -0.39 is 0 Å². The molecule has 1 rings (SSSR count). The van der Waals surface area contributed by atoms with Gasteiger partial charge in [0.2, 0.25) is 0 Å². The smallest absolute Gasteiger partial charge is 0.339 e. The van der Waals surface area contributed by atoms with Crippen LogP contribution in [0.5, 0.6) is 0 Å². The van der Waals surface area contributed by atoms with Gasteiger partial charge in [0, 0.05) is 7.14 Å². The second-order valence-electron chi connectivity index (χ2n) is 2.62. The molecule has 3 nitrogen and oxygen atoms in total. The molecular formula is C10H7I2NO2. The molecule has 0 unspecified atom stereocenters. The van der Waals surface area contributed by atoms with E-state index in [9.17, 15) is 4.79 Å². The normalized spacial score (nSPS) is 9.47. The molecule has 0 aliphatic heterocycles. The summed E-state index contributed by atoms with van der Waals surface area (Å²) in [6.45, 7) is 2.09. The first-order chi connectivity index (χ1) is 7.11. The van der Waals surface area contributed by atoms with Crippen molar-refractivity contribution < 1.29 is 9.53 Å². The van der Waals surface area contributed by atoms with E-state index in [-0.39, 0.29) is 5.97 Å². The molecule has 0 N–H and O–H groups in total. The number of nitriles is 1. The van der Waals surface area contributed by atoms with E-state index in [0.29, 0.717) is 21.3 Å². The third-order valence-electron chi connectivity index (χ3n) is 1.70. The molecule has 0 saturated carbocycles. The highest BCUT2D eigenvalue weighted by atomic mass is 127. The van der Waals surface area contributed by atoms with Crippen molar-refractivity contribution in [2.24, 2.45) is 0 Å². The van der Waals surface area contributed by atoms with Gasteiger partial charge in [0.15, 0.2) is 0 Å². The first-order valence-corrected chi connectivity index (χ1v) is 6.32. The molecule has 0 bridgehead atoms. The fourth-order valence-corrected chi connectivity index (χ4v) is 2.92. The highest BCUT2D eigenvalue weighted by molar-refractivity contribution is 14.1. The van der Waals surface area contributed by atoms with Crippen LogP contribution in [0, 0.1) is 18.5 Å². The Morgan fingerprint density at radius 2 is 2.20 bits per heavy atom. The fourth-order valence-electron chi connectivity index (χ4n) is 1.02. The third kappa shape index (κ3) is 2.81. The van der Waals surface area contributed by atoms with Gasteiger partial charge in [-0.2, -0.15) is 5.26 Å². The van der Waals surface area contributed by atoms with Crippen molar-refractivity contribution in [1.29, 1.82) is 5.26 Å². The van der Waals surface area contributed by atoms with E-state index in [2.05, 4.69) is 28.7 Å². The largest absolute Gasteiger partial charge is 0.462 e. The van der Waals surface area contributed by atoms with E-state index >= 15 is 0 Å². The second-order valence-corrected chi connectivity index (χ2v) is 4.86. The molecule has 0 heterocycles. The summed E-state index contributed by atoms with van der Waals surface area (Å²) in [5.74, 6) is -0.380. The minimum atomic E-state index is -0.380. The molecule has 0 amide bonds. The van der Waals surface area contributed by atoms with Crippen LogP contribution < -0.4 is 0 Å². The lowest BCUT2D eigenvalue weighted by Crippen LogP contribution is -2.08. The van der Waals surface area contributed by atoms with Crippen LogP contribution in [-0.4, -0.2) is 12.6 Å². The molecule has 0 radical (unpaired) electrons. The molecule has 0 aliphatic carbocycles. The number of carbonyl (C=O) groups is 1. The summed E-state index contributed by atoms with van der Waals surface area (Å²) < 4.78 is 6.39. The third-order valence-corrected chi connectivity index (χ3v) is 3.72. The van der Waals surface area contributed by atoms with Gasteiger partial charge in [-0.15, -0.1) is 0 Å². The van der Waals surface area contributed by atoms with E-state index in [0.717, 1.165) is 3.57 Å². The van der Waals surface area contributed by atoms with Gasteiger partial charge in [0.05, 0.1) is 17.7 Å². The standard InChI is InChI=1S/C10H7I2NO2/c1-2-15-10(14)6-3-4-8(11)7(5-13)9(6)12/h3-4H,2H2,1H3. The highest BCUT2D eigenvalue weighted by Crippen LogP contribution is 2.22. The van der Waals surface area contributed by atoms with E-state index in [1.165, 1.54) is 0 Å². The maximum atomic E-state index is 11.5. The lowest BCUT2D eigenvalue weighted by molar-refractivity contribution is 0.0525. The van der Waals surface area contributed by atoms with Crippen molar-refractivity contribution in [3.8, 4) is 6.07 Å². The molecule has 1 aromatic carbocycles. The summed E-state index contributed by atoms with van der Waals surface area (Å²) in [5, 5.41) is 8.92. The van der Waals surface area contributed by atoms with Gasteiger partial charge in [0.1, 0.15) is 6.07 Å². The zero-order chi connectivity index (χ0) is 11.4. The molecule has 0 spiro atoms. The molecule has 15 heavy (non-hydrogen) atoms. The fraction of sp³-hybridized carbons (Fsp3) is 0.200. The zero-order valence-corrected chi connectivity index (χ0v) is 12.2. The van der Waals surface area contributed by atoms with Crippen LogP contribution in [0.3, 0.4) is 0 Å². The second kappa shape index (κ2) is 5.65. The van der Waals surface area contributed by atoms with Crippen LogP contribution in [0.15, 0.2) is 12.1 Å². The summed E-state index contributed by atoms with van der Waals surface area (Å²) >= 11 is 4.06. The predicted octanol–water partition coefficient (Wildman–Crippen LogP) is 2.94. The average molecular weight is 427 g/mol. The lowest BCUT2D eigenvalue weighted by Gasteiger charge is -2.06. The van der Waals surface area contributed by atoms with Gasteiger partial charge < -0.3 is 4.74 Å². The van der Waals surface area contributed by atoms with Gasteiger partial charge in [-0.3, -0.25) is 0 Å². The molecule has 0 aromatic heterocycles. The predicted molar refractivity (Wildman–Crippen MR) is 72.5 cm³/mol. The van der Waals surface area contributed by atoms with Crippen LogP contribution in [0.4, 0.5) is 0 Å². The highest BCUT2D eigenvalue weighted by Gasteiger charge is 2.15. The summed E-state index contributed by atoms with van der Waals surface area (Å²) in [6.07, 6.45) is 0. The van der Waals surface area contributed by atoms with E-state index in [1.807, 2.05) is 22.6 Å². The Kier molecular flexibility index (Phi) is 4.79. The monoisotopic (exact) mass is 427 g/mol. The Morgan fingerprint density at radius 1 is 1.53 bits per heavy atom. The first kappa shape index (κ1) is 12.7. The number of nitrogens with zero attached hydrogens (tertiary/aromatic N) is 1. The molecule has 0 saturated heterocycles. The molecule has 0 fully saturated rings. The Bertz CT molecular complexity index is 438. The van der Waals surface area contributed by atoms with Gasteiger partial charge in [-0.1, -0.05) is 0 Å². The minimum absolute atomic E-state index is 0.336. The number of carbonyl (C=O) groups excluding carboxylic acids is 1. The van der Waals surface area contributed by atoms with Gasteiger partial charge in [-0.25, -0.2) is 4.79 Å². The van der Waals surface area contributed by atoms with Gasteiger partial charge in [0.25, 0.3) is 0 Å². The van der Waals surface area contributed by atoms with Gasteiger partial charge in [-0.05, 0) is 64.2 Å². The number of ether oxygens (including phenoxy) is 1. The maximum absolute atomic E-state index is 11.5. The Morgan fingerprint density at radius 3 is 2.73 bits per heavy atom. The van der Waals surface area contributed by atoms with Crippen molar-refractivity contribution in [3.63, 3.8) is 0 Å². The number of halogens is 2. The van der Waals surface area contributed by atoms with Crippen LogP contribution in [0.25, 0.3) is 0 Å². The van der Waals surface area contributed by atoms with Crippen LogP contribution >= 0.6 is 45.2 Å². The summed E-state index contributed by atoms with van der Waals surface area (Å²) in [7, 11) is 0. The zero-order valence-electron chi connectivity index (χ0n) is 7.88. The summed E-state index contributed by atoms with van der Waals surface area (Å²) in [6, 6.07) is 5.50. The lowest BCUT2D eigenvalue weighted by atomic mass is 10.1. The molecule has 1 aromatic rings. The molecule has 5 heteroatoms. The van der Waals surface area contributed by atoms with Crippen molar-refractivity contribution in [1.82, 2.24) is 0 Å². The van der Waals surface area contributed by atoms with Crippen LogP contribution in [0.1, 0.15) is 22.8 Å². The van der Waals surface area contributed by atoms with Crippen molar-refractivity contribution in [3.05, 3.63) is 30.4 Å². The number of hydrogen-bond acceptors (Lipinski definition) is 3. The quantitative estimate of drug-likeness (QED) is 0.539. The molecule has 0 atom stereocenters. The maximum Gasteiger partial charge on any atom is 0.339 e. The molecule has 0 aliphatic rings. The first-order valence-electron chi connectivity index (χ1n) is 4.17. The van der Waals surface area contributed by atoms with Crippen molar-refractivity contribution >= 4 is 51.2 Å². The number of benzene rings is 1. The minimum Gasteiger partial charge on any atom is -0.462 e. The van der Waals surface area contributed by atoms with Gasteiger partial charge >= 0.3 is 5.97 Å². The number of hydrogen-bond donors (Lipinski definition) is 0.